The van der Waals surface area contributed by atoms with Gasteiger partial charge in [0.15, 0.2) is 0 Å². The van der Waals surface area contributed by atoms with Crippen LogP contribution in [0.1, 0.15) is 5.56 Å². The maximum Gasteiger partial charge on any atom is 0.241 e. The van der Waals surface area contributed by atoms with Gasteiger partial charge in [-0.25, -0.2) is 4.39 Å². The maximum atomic E-state index is 14.0. The van der Waals surface area contributed by atoms with Crippen LogP contribution in [0.5, 0.6) is 5.75 Å². The molecule has 32 heavy (non-hydrogen) atoms. The van der Waals surface area contributed by atoms with E-state index in [1.54, 1.807) is 16.9 Å². The van der Waals surface area contributed by atoms with E-state index in [4.69, 9.17) is 4.74 Å². The molecule has 1 amide bonds. The lowest BCUT2D eigenvalue weighted by molar-refractivity contribution is -0.121. The van der Waals surface area contributed by atoms with Gasteiger partial charge in [-0.15, -0.1) is 0 Å². The second-order valence-electron chi connectivity index (χ2n) is 8.09. The van der Waals surface area contributed by atoms with Crippen molar-refractivity contribution in [2.45, 2.75) is 13.2 Å². The largest absolute Gasteiger partial charge is 0.488 e. The molecular formula is C24H26FN5O2. The molecular weight excluding hydrogens is 409 g/mol. The van der Waals surface area contributed by atoms with Gasteiger partial charge in [-0.2, -0.15) is 5.10 Å². The minimum absolute atomic E-state index is 0.0649. The number of amides is 1. The van der Waals surface area contributed by atoms with Crippen molar-refractivity contribution in [2.75, 3.05) is 44.2 Å². The van der Waals surface area contributed by atoms with Crippen molar-refractivity contribution in [3.63, 3.8) is 0 Å². The number of nitrogens with zero attached hydrogens (tertiary/aromatic N) is 4. The molecule has 1 N–H and O–H groups in total. The van der Waals surface area contributed by atoms with E-state index in [9.17, 15) is 9.18 Å². The number of ether oxygens (including phenoxy) is 1. The van der Waals surface area contributed by atoms with E-state index in [1.165, 1.54) is 6.07 Å². The van der Waals surface area contributed by atoms with Crippen molar-refractivity contribution in [3.8, 4) is 17.0 Å². The van der Waals surface area contributed by atoms with Crippen molar-refractivity contribution < 1.29 is 13.9 Å². The number of para-hydroxylation sites is 2. The monoisotopic (exact) mass is 435 g/mol. The lowest BCUT2D eigenvalue weighted by Gasteiger charge is -2.36. The standard InChI is InChI=1S/C24H26FN5O2/c25-20-6-2-3-7-21(20)29-13-11-28(12-14-29)10-9-26-23(31)16-30-24-18(15-27-30)17-32-22-8-4-1-5-19(22)24/h1-8,15H,9-14,16-17H2,(H,26,31). The molecule has 0 spiro atoms. The highest BCUT2D eigenvalue weighted by Gasteiger charge is 2.23. The normalized spacial score (nSPS) is 15.6. The van der Waals surface area contributed by atoms with Crippen LogP contribution in [0.3, 0.4) is 0 Å². The van der Waals surface area contributed by atoms with Gasteiger partial charge in [-0.05, 0) is 24.3 Å². The number of piperazine rings is 1. The van der Waals surface area contributed by atoms with Gasteiger partial charge in [-0.1, -0.05) is 24.3 Å². The van der Waals surface area contributed by atoms with Crippen molar-refractivity contribution >= 4 is 11.6 Å². The number of rotatable bonds is 6. The van der Waals surface area contributed by atoms with Crippen LogP contribution in [0.15, 0.2) is 54.7 Å². The van der Waals surface area contributed by atoms with Gasteiger partial charge < -0.3 is 15.0 Å². The number of fused-ring (bicyclic) bond motifs is 3. The molecule has 1 aromatic heterocycles. The summed E-state index contributed by atoms with van der Waals surface area (Å²) in [5, 5.41) is 7.41. The third-order valence-electron chi connectivity index (χ3n) is 6.05. The number of aromatic nitrogens is 2. The summed E-state index contributed by atoms with van der Waals surface area (Å²) in [6.07, 6.45) is 1.77. The lowest BCUT2D eigenvalue weighted by Crippen LogP contribution is -2.48. The van der Waals surface area contributed by atoms with Gasteiger partial charge in [0.1, 0.15) is 24.7 Å². The Morgan fingerprint density at radius 1 is 1.06 bits per heavy atom. The summed E-state index contributed by atoms with van der Waals surface area (Å²) in [5.41, 5.74) is 3.57. The highest BCUT2D eigenvalue weighted by molar-refractivity contribution is 5.78. The smallest absolute Gasteiger partial charge is 0.241 e. The van der Waals surface area contributed by atoms with Gasteiger partial charge >= 0.3 is 0 Å². The first-order valence-electron chi connectivity index (χ1n) is 10.9. The van der Waals surface area contributed by atoms with Crippen molar-refractivity contribution in [1.82, 2.24) is 20.0 Å². The summed E-state index contributed by atoms with van der Waals surface area (Å²) >= 11 is 0. The summed E-state index contributed by atoms with van der Waals surface area (Å²) < 4.78 is 21.5. The number of hydrogen-bond donors (Lipinski definition) is 1. The van der Waals surface area contributed by atoms with E-state index in [0.717, 1.165) is 55.3 Å². The molecule has 2 aliphatic rings. The molecule has 0 unspecified atom stereocenters. The fourth-order valence-corrected chi connectivity index (χ4v) is 4.37. The minimum Gasteiger partial charge on any atom is -0.488 e. The Labute approximate surface area is 186 Å². The second-order valence-corrected chi connectivity index (χ2v) is 8.09. The highest BCUT2D eigenvalue weighted by Crippen LogP contribution is 2.36. The van der Waals surface area contributed by atoms with Crippen LogP contribution in [0.25, 0.3) is 11.3 Å². The second kappa shape index (κ2) is 9.00. The average Bonchev–Trinajstić information content (AvgIpc) is 3.23. The van der Waals surface area contributed by atoms with Crippen LogP contribution in [0, 0.1) is 5.82 Å². The Morgan fingerprint density at radius 3 is 2.69 bits per heavy atom. The predicted molar refractivity (Wildman–Crippen MR) is 120 cm³/mol. The third-order valence-corrected chi connectivity index (χ3v) is 6.05. The van der Waals surface area contributed by atoms with Crippen LogP contribution in [0.4, 0.5) is 10.1 Å². The molecule has 0 bridgehead atoms. The Bertz CT molecular complexity index is 1110. The molecule has 7 nitrogen and oxygen atoms in total. The molecule has 1 saturated heterocycles. The molecule has 8 heteroatoms. The molecule has 5 rings (SSSR count). The van der Waals surface area contributed by atoms with E-state index < -0.39 is 0 Å². The topological polar surface area (TPSA) is 62.6 Å². The van der Waals surface area contributed by atoms with Crippen LogP contribution < -0.4 is 15.0 Å². The van der Waals surface area contributed by atoms with E-state index in [1.807, 2.05) is 36.4 Å². The third kappa shape index (κ3) is 4.18. The number of benzene rings is 2. The Morgan fingerprint density at radius 2 is 1.84 bits per heavy atom. The van der Waals surface area contributed by atoms with Crippen LogP contribution in [0.2, 0.25) is 0 Å². The summed E-state index contributed by atoms with van der Waals surface area (Å²) in [6, 6.07) is 14.7. The van der Waals surface area contributed by atoms with Gasteiger partial charge in [0.25, 0.3) is 0 Å². The maximum absolute atomic E-state index is 14.0. The van der Waals surface area contributed by atoms with Crippen LogP contribution >= 0.6 is 0 Å². The Hall–Kier alpha value is -3.39. The van der Waals surface area contributed by atoms with Gasteiger partial charge in [0.05, 0.1) is 17.6 Å². The van der Waals surface area contributed by atoms with Crippen molar-refractivity contribution in [1.29, 1.82) is 0 Å². The fraction of sp³-hybridized carbons (Fsp3) is 0.333. The van der Waals surface area contributed by atoms with Crippen LogP contribution in [-0.2, 0) is 17.9 Å². The van der Waals surface area contributed by atoms with Crippen molar-refractivity contribution in [3.05, 3.63) is 66.1 Å². The number of carbonyl (C=O) groups excluding carboxylic acids is 1. The summed E-state index contributed by atoms with van der Waals surface area (Å²) in [5.74, 6) is 0.574. The molecule has 0 radical (unpaired) electrons. The van der Waals surface area contributed by atoms with E-state index in [2.05, 4.69) is 20.2 Å². The number of hydrogen-bond acceptors (Lipinski definition) is 5. The van der Waals surface area contributed by atoms with Crippen molar-refractivity contribution in [2.24, 2.45) is 0 Å². The van der Waals surface area contributed by atoms with Gasteiger partial charge in [0.2, 0.25) is 5.91 Å². The first kappa shape index (κ1) is 20.5. The summed E-state index contributed by atoms with van der Waals surface area (Å²) in [4.78, 5) is 16.9. The zero-order valence-electron chi connectivity index (χ0n) is 17.8. The Kier molecular flexibility index (Phi) is 5.77. The fourth-order valence-electron chi connectivity index (χ4n) is 4.37. The lowest BCUT2D eigenvalue weighted by atomic mass is 10.0. The zero-order chi connectivity index (χ0) is 21.9. The first-order chi connectivity index (χ1) is 15.7. The minimum atomic E-state index is -0.178. The molecule has 2 aliphatic heterocycles. The number of carbonyl (C=O) groups is 1. The molecule has 3 aromatic rings. The molecule has 0 aliphatic carbocycles. The Balaban J connectivity index is 1.11. The van der Waals surface area contributed by atoms with E-state index >= 15 is 0 Å². The zero-order valence-corrected chi connectivity index (χ0v) is 17.8. The molecule has 2 aromatic carbocycles. The number of anilines is 1. The number of nitrogens with one attached hydrogen (secondary N) is 1. The van der Waals surface area contributed by atoms with Gasteiger partial charge in [0, 0.05) is 50.4 Å². The molecule has 0 saturated carbocycles. The molecule has 1 fully saturated rings. The van der Waals surface area contributed by atoms with E-state index in [-0.39, 0.29) is 18.3 Å². The number of halogens is 1. The summed E-state index contributed by atoms with van der Waals surface area (Å²) in [7, 11) is 0. The quantitative estimate of drug-likeness (QED) is 0.645. The first-order valence-corrected chi connectivity index (χ1v) is 10.9. The molecule has 3 heterocycles. The van der Waals surface area contributed by atoms with Crippen LogP contribution in [-0.4, -0.2) is 59.9 Å². The summed E-state index contributed by atoms with van der Waals surface area (Å²) in [6.45, 7) is 5.21. The molecule has 166 valence electrons. The van der Waals surface area contributed by atoms with E-state index in [0.29, 0.717) is 18.8 Å². The highest BCUT2D eigenvalue weighted by atomic mass is 19.1. The SMILES string of the molecule is O=C(Cn1ncc2c1-c1ccccc1OC2)NCCN1CCN(c2ccccc2F)CC1. The van der Waals surface area contributed by atoms with Gasteiger partial charge in [-0.3, -0.25) is 14.4 Å². The molecule has 0 atom stereocenters. The average molecular weight is 436 g/mol. The predicted octanol–water partition coefficient (Wildman–Crippen LogP) is 2.52.